The largest absolute Gasteiger partial charge is 0.323 e. The van der Waals surface area contributed by atoms with E-state index >= 15 is 0 Å². The minimum atomic E-state index is -0.0385. The van der Waals surface area contributed by atoms with Gasteiger partial charge >= 0.3 is 0 Å². The third-order valence-electron chi connectivity index (χ3n) is 2.17. The number of anilines is 1. The van der Waals surface area contributed by atoms with Crippen LogP contribution in [-0.4, -0.2) is 21.9 Å². The van der Waals surface area contributed by atoms with Crippen molar-refractivity contribution < 1.29 is 4.79 Å². The summed E-state index contributed by atoms with van der Waals surface area (Å²) in [5.41, 5.74) is 1.80. The average Bonchev–Trinajstić information content (AvgIpc) is 2.82. The van der Waals surface area contributed by atoms with Gasteiger partial charge in [0.05, 0.1) is 17.6 Å². The molecule has 0 spiro atoms. The molecule has 0 saturated carbocycles. The number of aromatic nitrogens is 2. The molecule has 2 N–H and O–H groups in total. The molecule has 18 heavy (non-hydrogen) atoms. The fourth-order valence-electron chi connectivity index (χ4n) is 1.40. The lowest BCUT2D eigenvalue weighted by atomic mass is 10.2. The van der Waals surface area contributed by atoms with Crippen molar-refractivity contribution in [3.63, 3.8) is 0 Å². The first-order valence-electron chi connectivity index (χ1n) is 5.35. The maximum absolute atomic E-state index is 11.6. The van der Waals surface area contributed by atoms with E-state index in [0.29, 0.717) is 11.4 Å². The Morgan fingerprint density at radius 2 is 2.39 bits per heavy atom. The molecule has 94 valence electrons. The van der Waals surface area contributed by atoms with E-state index in [0.717, 1.165) is 16.3 Å². The first-order valence-corrected chi connectivity index (χ1v) is 6.88. The van der Waals surface area contributed by atoms with Crippen molar-refractivity contribution in [1.82, 2.24) is 10.2 Å². The monoisotopic (exact) mass is 281 g/mol. The van der Waals surface area contributed by atoms with Gasteiger partial charge in [-0.25, -0.2) is 0 Å². The van der Waals surface area contributed by atoms with Crippen molar-refractivity contribution in [3.8, 4) is 0 Å². The quantitative estimate of drug-likeness (QED) is 0.886. The number of carbonyl (C=O) groups is 1. The smallest absolute Gasteiger partial charge is 0.234 e. The molecule has 0 atom stereocenters. The fourth-order valence-corrected chi connectivity index (χ4v) is 2.39. The first kappa shape index (κ1) is 13.0. The second kappa shape index (κ2) is 6.47. The van der Waals surface area contributed by atoms with Crippen LogP contribution in [0.15, 0.2) is 36.7 Å². The summed E-state index contributed by atoms with van der Waals surface area (Å²) in [4.78, 5) is 11.6. The van der Waals surface area contributed by atoms with E-state index in [2.05, 4.69) is 15.5 Å². The van der Waals surface area contributed by atoms with Gasteiger partial charge in [0.1, 0.15) is 0 Å². The molecule has 2 rings (SSSR count). The standard InChI is InChI=1S/C12H12ClN3OS/c13-10-3-1-2-9(4-10)7-18-8-12(17)16-11-5-14-15-6-11/h1-6H,7-8H2,(H,14,15)(H,16,17). The summed E-state index contributed by atoms with van der Waals surface area (Å²) < 4.78 is 0. The zero-order valence-electron chi connectivity index (χ0n) is 9.52. The molecule has 0 bridgehead atoms. The summed E-state index contributed by atoms with van der Waals surface area (Å²) in [6.45, 7) is 0. The topological polar surface area (TPSA) is 57.8 Å². The van der Waals surface area contributed by atoms with E-state index in [-0.39, 0.29) is 5.91 Å². The van der Waals surface area contributed by atoms with Gasteiger partial charge in [0, 0.05) is 17.0 Å². The number of nitrogens with zero attached hydrogens (tertiary/aromatic N) is 1. The molecule has 1 amide bonds. The second-order valence-electron chi connectivity index (χ2n) is 3.66. The highest BCUT2D eigenvalue weighted by atomic mass is 35.5. The molecule has 0 aliphatic carbocycles. The minimum Gasteiger partial charge on any atom is -0.323 e. The van der Waals surface area contributed by atoms with Crippen molar-refractivity contribution in [2.24, 2.45) is 0 Å². The lowest BCUT2D eigenvalue weighted by Crippen LogP contribution is -2.13. The van der Waals surface area contributed by atoms with Crippen LogP contribution in [0, 0.1) is 0 Å². The fraction of sp³-hybridized carbons (Fsp3) is 0.167. The van der Waals surface area contributed by atoms with Gasteiger partial charge in [-0.1, -0.05) is 23.7 Å². The summed E-state index contributed by atoms with van der Waals surface area (Å²) >= 11 is 7.43. The van der Waals surface area contributed by atoms with E-state index in [4.69, 9.17) is 11.6 Å². The van der Waals surface area contributed by atoms with Crippen LogP contribution in [0.3, 0.4) is 0 Å². The van der Waals surface area contributed by atoms with Gasteiger partial charge in [-0.2, -0.15) is 5.10 Å². The third kappa shape index (κ3) is 4.09. The highest BCUT2D eigenvalue weighted by Crippen LogP contribution is 2.16. The molecule has 0 fully saturated rings. The summed E-state index contributed by atoms with van der Waals surface area (Å²) in [7, 11) is 0. The van der Waals surface area contributed by atoms with Crippen molar-refractivity contribution in [2.45, 2.75) is 5.75 Å². The van der Waals surface area contributed by atoms with E-state index in [1.165, 1.54) is 0 Å². The number of halogens is 1. The number of H-pyrrole nitrogens is 1. The lowest BCUT2D eigenvalue weighted by Gasteiger charge is -2.03. The number of hydrogen-bond acceptors (Lipinski definition) is 3. The number of hydrogen-bond donors (Lipinski definition) is 2. The van der Waals surface area contributed by atoms with Gasteiger partial charge in [-0.3, -0.25) is 9.89 Å². The molecular weight excluding hydrogens is 270 g/mol. The highest BCUT2D eigenvalue weighted by molar-refractivity contribution is 7.99. The van der Waals surface area contributed by atoms with Gasteiger partial charge in [0.25, 0.3) is 0 Å². The Morgan fingerprint density at radius 1 is 1.50 bits per heavy atom. The van der Waals surface area contributed by atoms with Crippen molar-refractivity contribution in [2.75, 3.05) is 11.1 Å². The summed E-state index contributed by atoms with van der Waals surface area (Å²) in [5.74, 6) is 1.13. The van der Waals surface area contributed by atoms with Gasteiger partial charge < -0.3 is 5.32 Å². The van der Waals surface area contributed by atoms with Gasteiger partial charge in [0.2, 0.25) is 5.91 Å². The number of nitrogens with one attached hydrogen (secondary N) is 2. The van der Waals surface area contributed by atoms with Gasteiger partial charge in [0.15, 0.2) is 0 Å². The predicted octanol–water partition coefficient (Wildman–Crippen LogP) is 2.94. The molecule has 4 nitrogen and oxygen atoms in total. The van der Waals surface area contributed by atoms with Crippen LogP contribution in [0.1, 0.15) is 5.56 Å². The molecule has 0 unspecified atom stereocenters. The molecule has 0 radical (unpaired) electrons. The Kier molecular flexibility index (Phi) is 4.66. The van der Waals surface area contributed by atoms with E-state index < -0.39 is 0 Å². The summed E-state index contributed by atoms with van der Waals surface area (Å²) in [5, 5.41) is 9.85. The van der Waals surface area contributed by atoms with E-state index in [9.17, 15) is 4.79 Å². The number of amides is 1. The van der Waals surface area contributed by atoms with Crippen molar-refractivity contribution in [1.29, 1.82) is 0 Å². The zero-order chi connectivity index (χ0) is 12.8. The number of benzene rings is 1. The molecule has 1 aromatic carbocycles. The highest BCUT2D eigenvalue weighted by Gasteiger charge is 2.03. The lowest BCUT2D eigenvalue weighted by molar-refractivity contribution is -0.113. The van der Waals surface area contributed by atoms with Crippen LogP contribution in [0.5, 0.6) is 0 Å². The van der Waals surface area contributed by atoms with Gasteiger partial charge in [-0.05, 0) is 17.7 Å². The number of rotatable bonds is 5. The molecular formula is C12H12ClN3OS. The Hall–Kier alpha value is -1.46. The Bertz CT molecular complexity index is 516. The number of aromatic amines is 1. The van der Waals surface area contributed by atoms with Crippen LogP contribution >= 0.6 is 23.4 Å². The molecule has 1 heterocycles. The minimum absolute atomic E-state index is 0.0385. The number of carbonyl (C=O) groups excluding carboxylic acids is 1. The van der Waals surface area contributed by atoms with Gasteiger partial charge in [-0.15, -0.1) is 11.8 Å². The average molecular weight is 282 g/mol. The Balaban J connectivity index is 1.73. The van der Waals surface area contributed by atoms with Crippen LogP contribution in [0.25, 0.3) is 0 Å². The number of thioether (sulfide) groups is 1. The van der Waals surface area contributed by atoms with Crippen LogP contribution in [-0.2, 0) is 10.5 Å². The molecule has 2 aromatic rings. The summed E-state index contributed by atoms with van der Waals surface area (Å²) in [6, 6.07) is 7.64. The molecule has 0 aliphatic heterocycles. The molecule has 0 aliphatic rings. The van der Waals surface area contributed by atoms with E-state index in [1.807, 2.05) is 24.3 Å². The predicted molar refractivity (Wildman–Crippen MR) is 74.8 cm³/mol. The van der Waals surface area contributed by atoms with Crippen LogP contribution in [0.4, 0.5) is 5.69 Å². The SMILES string of the molecule is O=C(CSCc1cccc(Cl)c1)Nc1cn[nH]c1. The second-order valence-corrected chi connectivity index (χ2v) is 5.08. The zero-order valence-corrected chi connectivity index (χ0v) is 11.1. The summed E-state index contributed by atoms with van der Waals surface area (Å²) in [6.07, 6.45) is 3.21. The van der Waals surface area contributed by atoms with E-state index in [1.54, 1.807) is 24.2 Å². The normalized spacial score (nSPS) is 10.3. The maximum atomic E-state index is 11.6. The molecule has 1 aromatic heterocycles. The first-order chi connectivity index (χ1) is 8.74. The van der Waals surface area contributed by atoms with Crippen LogP contribution < -0.4 is 5.32 Å². The van der Waals surface area contributed by atoms with Crippen molar-refractivity contribution in [3.05, 3.63) is 47.2 Å². The maximum Gasteiger partial charge on any atom is 0.234 e. The third-order valence-corrected chi connectivity index (χ3v) is 3.41. The molecule has 0 saturated heterocycles. The van der Waals surface area contributed by atoms with Crippen LogP contribution in [0.2, 0.25) is 5.02 Å². The van der Waals surface area contributed by atoms with Crippen molar-refractivity contribution >= 4 is 35.0 Å². The Morgan fingerprint density at radius 3 is 3.11 bits per heavy atom. The molecule has 6 heteroatoms. The Labute approximate surface area is 114 Å².